The lowest BCUT2D eigenvalue weighted by molar-refractivity contribution is -0.137. The van der Waals surface area contributed by atoms with E-state index in [2.05, 4.69) is 10.6 Å². The SMILES string of the molecule is Cc1ccccc1OC[C@H](C)NC(=S)Nc1ccc(Cl)c(C(F)(F)F)c1. The van der Waals surface area contributed by atoms with E-state index in [0.717, 1.165) is 17.4 Å². The van der Waals surface area contributed by atoms with Gasteiger partial charge in [0.05, 0.1) is 16.6 Å². The van der Waals surface area contributed by atoms with Crippen LogP contribution in [-0.4, -0.2) is 17.8 Å². The van der Waals surface area contributed by atoms with E-state index in [9.17, 15) is 13.2 Å². The summed E-state index contributed by atoms with van der Waals surface area (Å²) < 4.78 is 44.4. The highest BCUT2D eigenvalue weighted by molar-refractivity contribution is 7.80. The van der Waals surface area contributed by atoms with E-state index in [4.69, 9.17) is 28.6 Å². The van der Waals surface area contributed by atoms with Crippen molar-refractivity contribution in [3.05, 3.63) is 58.6 Å². The predicted molar refractivity (Wildman–Crippen MR) is 102 cm³/mol. The number of rotatable bonds is 5. The summed E-state index contributed by atoms with van der Waals surface area (Å²) >= 11 is 10.7. The first kappa shape index (κ1) is 20.3. The van der Waals surface area contributed by atoms with Crippen LogP contribution < -0.4 is 15.4 Å². The minimum Gasteiger partial charge on any atom is -0.491 e. The Morgan fingerprint density at radius 1 is 1.23 bits per heavy atom. The Bertz CT molecular complexity index is 783. The molecule has 0 saturated heterocycles. The van der Waals surface area contributed by atoms with Crippen molar-refractivity contribution < 1.29 is 17.9 Å². The molecule has 0 aromatic heterocycles. The molecule has 3 nitrogen and oxygen atoms in total. The maximum atomic E-state index is 12.9. The summed E-state index contributed by atoms with van der Waals surface area (Å²) in [6, 6.07) is 11.0. The molecule has 0 aliphatic carbocycles. The molecule has 2 aromatic carbocycles. The quantitative estimate of drug-likeness (QED) is 0.654. The fourth-order valence-electron chi connectivity index (χ4n) is 2.19. The standard InChI is InChI=1S/C18H18ClF3N2OS/c1-11-5-3-4-6-16(11)25-10-12(2)23-17(26)24-13-7-8-15(19)14(9-13)18(20,21)22/h3-9,12H,10H2,1-2H3,(H2,23,24,26)/t12-/m0/s1. The number of para-hydroxylation sites is 1. The molecule has 2 aromatic rings. The molecule has 140 valence electrons. The molecular weight excluding hydrogens is 385 g/mol. The van der Waals surface area contributed by atoms with E-state index in [1.165, 1.54) is 12.1 Å². The zero-order chi connectivity index (χ0) is 19.3. The minimum atomic E-state index is -4.53. The monoisotopic (exact) mass is 402 g/mol. The van der Waals surface area contributed by atoms with Crippen molar-refractivity contribution in [1.29, 1.82) is 0 Å². The van der Waals surface area contributed by atoms with Crippen LogP contribution in [0, 0.1) is 6.92 Å². The van der Waals surface area contributed by atoms with E-state index in [0.29, 0.717) is 6.61 Å². The molecule has 8 heteroatoms. The summed E-state index contributed by atoms with van der Waals surface area (Å²) in [5, 5.41) is 5.54. The summed E-state index contributed by atoms with van der Waals surface area (Å²) in [4.78, 5) is 0. The molecule has 0 heterocycles. The van der Waals surface area contributed by atoms with Crippen molar-refractivity contribution in [2.75, 3.05) is 11.9 Å². The Hall–Kier alpha value is -1.99. The normalized spacial score (nSPS) is 12.4. The van der Waals surface area contributed by atoms with E-state index in [-0.39, 0.29) is 21.9 Å². The number of hydrogen-bond donors (Lipinski definition) is 2. The second-order valence-electron chi connectivity index (χ2n) is 5.77. The summed E-state index contributed by atoms with van der Waals surface area (Å²) in [6.07, 6.45) is -4.53. The molecule has 0 amide bonds. The van der Waals surface area contributed by atoms with Gasteiger partial charge in [-0.15, -0.1) is 0 Å². The van der Waals surface area contributed by atoms with Crippen LogP contribution in [0.4, 0.5) is 18.9 Å². The number of benzene rings is 2. The van der Waals surface area contributed by atoms with Crippen molar-refractivity contribution in [3.8, 4) is 5.75 Å². The average Bonchev–Trinajstić information content (AvgIpc) is 2.54. The number of ether oxygens (including phenoxy) is 1. The fraction of sp³-hybridized carbons (Fsp3) is 0.278. The van der Waals surface area contributed by atoms with Crippen LogP contribution in [0.2, 0.25) is 5.02 Å². The molecule has 0 bridgehead atoms. The summed E-state index contributed by atoms with van der Waals surface area (Å²) in [5.74, 6) is 0.771. The number of aryl methyl sites for hydroxylation is 1. The first-order valence-electron chi connectivity index (χ1n) is 7.79. The smallest absolute Gasteiger partial charge is 0.417 e. The van der Waals surface area contributed by atoms with E-state index >= 15 is 0 Å². The van der Waals surface area contributed by atoms with E-state index in [1.807, 2.05) is 38.1 Å². The van der Waals surface area contributed by atoms with Gasteiger partial charge in [0.2, 0.25) is 0 Å². The molecule has 2 rings (SSSR count). The minimum absolute atomic E-state index is 0.149. The fourth-order valence-corrected chi connectivity index (χ4v) is 2.73. The lowest BCUT2D eigenvalue weighted by Gasteiger charge is -2.19. The number of nitrogens with one attached hydrogen (secondary N) is 2. The zero-order valence-corrected chi connectivity index (χ0v) is 15.7. The van der Waals surface area contributed by atoms with E-state index < -0.39 is 11.7 Å². The predicted octanol–water partition coefficient (Wildman–Crippen LogP) is 5.42. The van der Waals surface area contributed by atoms with Gasteiger partial charge in [-0.05, 0) is 55.9 Å². The number of alkyl halides is 3. The van der Waals surface area contributed by atoms with Gasteiger partial charge in [0, 0.05) is 5.69 Å². The zero-order valence-electron chi connectivity index (χ0n) is 14.2. The lowest BCUT2D eigenvalue weighted by atomic mass is 10.2. The van der Waals surface area contributed by atoms with Gasteiger partial charge >= 0.3 is 6.18 Å². The molecule has 0 radical (unpaired) electrons. The number of hydrogen-bond acceptors (Lipinski definition) is 2. The first-order valence-corrected chi connectivity index (χ1v) is 8.58. The molecule has 0 aliphatic rings. The van der Waals surface area contributed by atoms with E-state index in [1.54, 1.807) is 0 Å². The molecule has 0 unspecified atom stereocenters. The number of anilines is 1. The summed E-state index contributed by atoms with van der Waals surface area (Å²) in [7, 11) is 0. The molecule has 1 atom stereocenters. The highest BCUT2D eigenvalue weighted by Gasteiger charge is 2.33. The van der Waals surface area contributed by atoms with Crippen LogP contribution in [0.5, 0.6) is 5.75 Å². The Morgan fingerprint density at radius 3 is 2.58 bits per heavy atom. The number of halogens is 4. The van der Waals surface area contributed by atoms with Crippen molar-refractivity contribution in [2.45, 2.75) is 26.1 Å². The highest BCUT2D eigenvalue weighted by atomic mass is 35.5. The van der Waals surface area contributed by atoms with Crippen molar-refractivity contribution in [2.24, 2.45) is 0 Å². The van der Waals surface area contributed by atoms with Crippen LogP contribution in [0.1, 0.15) is 18.1 Å². The van der Waals surface area contributed by atoms with Crippen LogP contribution in [-0.2, 0) is 6.18 Å². The van der Waals surface area contributed by atoms with Crippen molar-refractivity contribution in [3.63, 3.8) is 0 Å². The Kier molecular flexibility index (Phi) is 6.72. The van der Waals surface area contributed by atoms with Gasteiger partial charge in [-0.2, -0.15) is 13.2 Å². The molecule has 0 spiro atoms. The van der Waals surface area contributed by atoms with Crippen LogP contribution in [0.15, 0.2) is 42.5 Å². The van der Waals surface area contributed by atoms with Crippen molar-refractivity contribution >= 4 is 34.6 Å². The van der Waals surface area contributed by atoms with Gasteiger partial charge in [-0.1, -0.05) is 29.8 Å². The van der Waals surface area contributed by atoms with Gasteiger partial charge < -0.3 is 15.4 Å². The van der Waals surface area contributed by atoms with Crippen LogP contribution >= 0.6 is 23.8 Å². The maximum Gasteiger partial charge on any atom is 0.417 e. The molecule has 0 aliphatic heterocycles. The molecule has 26 heavy (non-hydrogen) atoms. The number of thiocarbonyl (C=S) groups is 1. The second kappa shape index (κ2) is 8.60. The lowest BCUT2D eigenvalue weighted by Crippen LogP contribution is -2.39. The van der Waals surface area contributed by atoms with Crippen LogP contribution in [0.3, 0.4) is 0 Å². The Labute approximate surface area is 160 Å². The maximum absolute atomic E-state index is 12.9. The van der Waals surface area contributed by atoms with Gasteiger partial charge in [0.25, 0.3) is 0 Å². The summed E-state index contributed by atoms with van der Waals surface area (Å²) in [6.45, 7) is 4.15. The molecular formula is C18H18ClF3N2OS. The average molecular weight is 403 g/mol. The molecule has 0 saturated carbocycles. The van der Waals surface area contributed by atoms with Crippen molar-refractivity contribution in [1.82, 2.24) is 5.32 Å². The highest BCUT2D eigenvalue weighted by Crippen LogP contribution is 2.36. The third kappa shape index (κ3) is 5.78. The Morgan fingerprint density at radius 2 is 1.92 bits per heavy atom. The third-order valence-electron chi connectivity index (χ3n) is 3.49. The topological polar surface area (TPSA) is 33.3 Å². The van der Waals surface area contributed by atoms with Gasteiger partial charge in [-0.25, -0.2) is 0 Å². The molecule has 0 fully saturated rings. The molecule has 2 N–H and O–H groups in total. The second-order valence-corrected chi connectivity index (χ2v) is 6.58. The first-order chi connectivity index (χ1) is 12.2. The van der Waals surface area contributed by atoms with Crippen LogP contribution in [0.25, 0.3) is 0 Å². The van der Waals surface area contributed by atoms with Gasteiger partial charge in [0.1, 0.15) is 12.4 Å². The summed E-state index contributed by atoms with van der Waals surface area (Å²) in [5.41, 5.74) is 0.301. The van der Waals surface area contributed by atoms with Gasteiger partial charge in [0.15, 0.2) is 5.11 Å². The Balaban J connectivity index is 1.91. The largest absolute Gasteiger partial charge is 0.491 e. The third-order valence-corrected chi connectivity index (χ3v) is 4.04. The van der Waals surface area contributed by atoms with Gasteiger partial charge in [-0.3, -0.25) is 0 Å².